The molecule has 2 N–H and O–H groups in total. The first-order valence-corrected chi connectivity index (χ1v) is 7.64. The lowest BCUT2D eigenvalue weighted by Crippen LogP contribution is -2.22. The normalized spacial score (nSPS) is 11.1. The van der Waals surface area contributed by atoms with Crippen LogP contribution in [0.2, 0.25) is 0 Å². The van der Waals surface area contributed by atoms with Gasteiger partial charge in [-0.3, -0.25) is 19.4 Å². The van der Waals surface area contributed by atoms with E-state index in [9.17, 15) is 19.5 Å². The zero-order valence-corrected chi connectivity index (χ0v) is 13.3. The van der Waals surface area contributed by atoms with Gasteiger partial charge in [0.2, 0.25) is 0 Å². The van der Waals surface area contributed by atoms with E-state index in [0.717, 1.165) is 5.56 Å². The van der Waals surface area contributed by atoms with Crippen LogP contribution in [0.25, 0.3) is 6.08 Å². The van der Waals surface area contributed by atoms with Crippen molar-refractivity contribution in [3.63, 3.8) is 0 Å². The van der Waals surface area contributed by atoms with Gasteiger partial charge in [0.05, 0.1) is 6.10 Å². The molecule has 0 bridgehead atoms. The molecule has 0 radical (unpaired) electrons. The molecule has 23 heavy (non-hydrogen) atoms. The molecular formula is C16H15NO5S. The molecule has 0 atom stereocenters. The fourth-order valence-electron chi connectivity index (χ4n) is 1.82. The SMILES string of the molecule is CC(C)Oc1ccc(/C=C/C(=O)c2c(O)sc(=O)[nH]c2=O)cc1. The Labute approximate surface area is 135 Å². The van der Waals surface area contributed by atoms with E-state index in [2.05, 4.69) is 0 Å². The number of carbonyl (C=O) groups excluding carboxylic acids is 1. The van der Waals surface area contributed by atoms with Crippen LogP contribution >= 0.6 is 11.3 Å². The Morgan fingerprint density at radius 2 is 1.91 bits per heavy atom. The van der Waals surface area contributed by atoms with E-state index in [-0.39, 0.29) is 6.10 Å². The molecule has 0 amide bonds. The van der Waals surface area contributed by atoms with Gasteiger partial charge in [-0.05, 0) is 49.0 Å². The van der Waals surface area contributed by atoms with E-state index in [1.165, 1.54) is 12.2 Å². The smallest absolute Gasteiger partial charge is 0.310 e. The molecule has 0 unspecified atom stereocenters. The Morgan fingerprint density at radius 1 is 1.26 bits per heavy atom. The minimum absolute atomic E-state index is 0.0675. The van der Waals surface area contributed by atoms with Crippen molar-refractivity contribution in [1.82, 2.24) is 4.98 Å². The predicted molar refractivity (Wildman–Crippen MR) is 88.4 cm³/mol. The van der Waals surface area contributed by atoms with Crippen molar-refractivity contribution < 1.29 is 14.6 Å². The molecule has 0 aliphatic heterocycles. The number of aromatic amines is 1. The maximum atomic E-state index is 12.0. The van der Waals surface area contributed by atoms with Crippen LogP contribution in [0.5, 0.6) is 10.8 Å². The van der Waals surface area contributed by atoms with Crippen molar-refractivity contribution >= 4 is 23.2 Å². The van der Waals surface area contributed by atoms with Crippen molar-refractivity contribution in [1.29, 1.82) is 0 Å². The van der Waals surface area contributed by atoms with E-state index in [1.807, 2.05) is 18.8 Å². The number of nitrogens with one attached hydrogen (secondary N) is 1. The van der Waals surface area contributed by atoms with Gasteiger partial charge in [-0.25, -0.2) is 0 Å². The predicted octanol–water partition coefficient (Wildman–Crippen LogP) is 2.19. The summed E-state index contributed by atoms with van der Waals surface area (Å²) in [7, 11) is 0. The number of hydrogen-bond donors (Lipinski definition) is 2. The lowest BCUT2D eigenvalue weighted by atomic mass is 10.1. The average Bonchev–Trinajstić information content (AvgIpc) is 2.45. The summed E-state index contributed by atoms with van der Waals surface area (Å²) in [6.45, 7) is 3.84. The highest BCUT2D eigenvalue weighted by molar-refractivity contribution is 7.11. The lowest BCUT2D eigenvalue weighted by Gasteiger charge is -2.09. The number of aromatic nitrogens is 1. The molecular weight excluding hydrogens is 318 g/mol. The van der Waals surface area contributed by atoms with Crippen LogP contribution in [0.3, 0.4) is 0 Å². The largest absolute Gasteiger partial charge is 0.499 e. The zero-order chi connectivity index (χ0) is 17.0. The third kappa shape index (κ3) is 4.40. The maximum absolute atomic E-state index is 12.0. The number of H-pyrrole nitrogens is 1. The molecule has 0 saturated heterocycles. The number of allylic oxidation sites excluding steroid dienone is 1. The second kappa shape index (κ2) is 7.06. The molecule has 0 spiro atoms. The molecule has 120 valence electrons. The van der Waals surface area contributed by atoms with Crippen LogP contribution in [-0.4, -0.2) is 22.0 Å². The number of carbonyl (C=O) groups is 1. The number of aromatic hydroxyl groups is 1. The summed E-state index contributed by atoms with van der Waals surface area (Å²) in [6, 6.07) is 7.05. The molecule has 1 aromatic heterocycles. The summed E-state index contributed by atoms with van der Waals surface area (Å²) in [5.74, 6) is 0.0351. The second-order valence-corrected chi connectivity index (χ2v) is 5.92. The van der Waals surface area contributed by atoms with Gasteiger partial charge in [0.15, 0.2) is 10.8 Å². The van der Waals surface area contributed by atoms with Gasteiger partial charge in [0, 0.05) is 0 Å². The van der Waals surface area contributed by atoms with Crippen LogP contribution < -0.4 is 15.2 Å². The highest BCUT2D eigenvalue weighted by atomic mass is 32.1. The highest BCUT2D eigenvalue weighted by Gasteiger charge is 2.15. The van der Waals surface area contributed by atoms with E-state index >= 15 is 0 Å². The molecule has 1 heterocycles. The van der Waals surface area contributed by atoms with Crippen molar-refractivity contribution in [2.75, 3.05) is 0 Å². The first kappa shape index (κ1) is 16.7. The summed E-state index contributed by atoms with van der Waals surface area (Å²) in [5.41, 5.74) is -0.610. The van der Waals surface area contributed by atoms with Gasteiger partial charge in [-0.1, -0.05) is 18.2 Å². The first-order chi connectivity index (χ1) is 10.9. The summed E-state index contributed by atoms with van der Waals surface area (Å²) in [4.78, 5) is 35.9. The van der Waals surface area contributed by atoms with Crippen molar-refractivity contribution in [3.05, 3.63) is 61.5 Å². The second-order valence-electron chi connectivity index (χ2n) is 4.96. The van der Waals surface area contributed by atoms with Crippen LogP contribution in [0.1, 0.15) is 29.8 Å². The van der Waals surface area contributed by atoms with Gasteiger partial charge < -0.3 is 9.84 Å². The molecule has 2 rings (SSSR count). The zero-order valence-electron chi connectivity index (χ0n) is 12.5. The Kier molecular flexibility index (Phi) is 5.13. The Balaban J connectivity index is 2.19. The van der Waals surface area contributed by atoms with Gasteiger partial charge in [0.1, 0.15) is 11.3 Å². The summed E-state index contributed by atoms with van der Waals surface area (Å²) < 4.78 is 5.51. The summed E-state index contributed by atoms with van der Waals surface area (Å²) in [5, 5.41) is 9.00. The Bertz CT molecular complexity index is 846. The van der Waals surface area contributed by atoms with Gasteiger partial charge in [-0.15, -0.1) is 0 Å². The average molecular weight is 333 g/mol. The molecule has 0 saturated carbocycles. The third-order valence-corrected chi connectivity index (χ3v) is 3.46. The number of benzene rings is 1. The standard InChI is InChI=1S/C16H15NO5S/c1-9(2)22-11-6-3-10(4-7-11)5-8-12(18)13-14(19)17-16(21)23-15(13)20/h3-9,20H,1-2H3,(H,17,19,21)/b8-5+. The minimum atomic E-state index is -0.901. The fraction of sp³-hybridized carbons (Fsp3) is 0.188. The summed E-state index contributed by atoms with van der Waals surface area (Å²) in [6.07, 6.45) is 2.74. The first-order valence-electron chi connectivity index (χ1n) is 6.82. The van der Waals surface area contributed by atoms with E-state index in [4.69, 9.17) is 4.74 Å². The number of hydrogen-bond acceptors (Lipinski definition) is 6. The van der Waals surface area contributed by atoms with Crippen molar-refractivity contribution in [2.24, 2.45) is 0 Å². The topological polar surface area (TPSA) is 96.5 Å². The molecule has 6 nitrogen and oxygen atoms in total. The lowest BCUT2D eigenvalue weighted by molar-refractivity contribution is 0.104. The molecule has 7 heteroatoms. The van der Waals surface area contributed by atoms with E-state index in [1.54, 1.807) is 24.3 Å². The Morgan fingerprint density at radius 3 is 2.48 bits per heavy atom. The number of ketones is 1. The maximum Gasteiger partial charge on any atom is 0.310 e. The quantitative estimate of drug-likeness (QED) is 0.646. The molecule has 1 aromatic carbocycles. The highest BCUT2D eigenvalue weighted by Crippen LogP contribution is 2.17. The molecule has 0 fully saturated rings. The molecule has 2 aromatic rings. The Hall–Kier alpha value is -2.67. The van der Waals surface area contributed by atoms with Gasteiger partial charge >= 0.3 is 4.87 Å². The minimum Gasteiger partial charge on any atom is -0.499 e. The van der Waals surface area contributed by atoms with E-state index in [0.29, 0.717) is 17.1 Å². The number of ether oxygens (including phenoxy) is 1. The third-order valence-electron chi connectivity index (χ3n) is 2.77. The van der Waals surface area contributed by atoms with Gasteiger partial charge in [-0.2, -0.15) is 0 Å². The number of rotatable bonds is 5. The fourth-order valence-corrected chi connectivity index (χ4v) is 2.43. The summed E-state index contributed by atoms with van der Waals surface area (Å²) >= 11 is 0.404. The van der Waals surface area contributed by atoms with Crippen molar-refractivity contribution in [2.45, 2.75) is 20.0 Å². The van der Waals surface area contributed by atoms with Crippen molar-refractivity contribution in [3.8, 4) is 10.8 Å². The van der Waals surface area contributed by atoms with Crippen LogP contribution in [0, 0.1) is 0 Å². The van der Waals surface area contributed by atoms with Gasteiger partial charge in [0.25, 0.3) is 5.56 Å². The van der Waals surface area contributed by atoms with Crippen LogP contribution in [0.4, 0.5) is 0 Å². The van der Waals surface area contributed by atoms with E-state index < -0.39 is 26.8 Å². The molecule has 0 aliphatic carbocycles. The monoisotopic (exact) mass is 333 g/mol. The van der Waals surface area contributed by atoms with Crippen LogP contribution in [0.15, 0.2) is 39.9 Å². The molecule has 0 aliphatic rings. The van der Waals surface area contributed by atoms with Crippen LogP contribution in [-0.2, 0) is 0 Å².